The smallest absolute Gasteiger partial charge is 0.270 e. The fraction of sp³-hybridized carbons (Fsp3) is 0.250. The third-order valence-electron chi connectivity index (χ3n) is 4.77. The predicted molar refractivity (Wildman–Crippen MR) is 127 cm³/mol. The van der Waals surface area contributed by atoms with Gasteiger partial charge in [0, 0.05) is 38.7 Å². The van der Waals surface area contributed by atoms with E-state index < -0.39 is 0 Å². The zero-order valence-electron chi connectivity index (χ0n) is 18.5. The van der Waals surface area contributed by atoms with E-state index in [4.69, 9.17) is 9.15 Å². The molecule has 2 N–H and O–H groups in total. The lowest BCUT2D eigenvalue weighted by Gasteiger charge is -2.09. The third kappa shape index (κ3) is 7.01. The molecule has 3 aromatic heterocycles. The van der Waals surface area contributed by atoms with Crippen LogP contribution in [-0.2, 0) is 20.1 Å². The van der Waals surface area contributed by atoms with Crippen LogP contribution in [0.3, 0.4) is 0 Å². The summed E-state index contributed by atoms with van der Waals surface area (Å²) < 4.78 is 12.9. The van der Waals surface area contributed by atoms with E-state index in [1.165, 1.54) is 0 Å². The Morgan fingerprint density at radius 3 is 2.88 bits per heavy atom. The van der Waals surface area contributed by atoms with Crippen LogP contribution in [0.4, 0.5) is 11.9 Å². The highest BCUT2D eigenvalue weighted by molar-refractivity contribution is 5.80. The molecule has 0 bridgehead atoms. The zero-order valence-corrected chi connectivity index (χ0v) is 18.5. The molecule has 4 aromatic rings. The molecule has 0 atom stereocenters. The summed E-state index contributed by atoms with van der Waals surface area (Å²) in [5, 5.41) is 11.0. The van der Waals surface area contributed by atoms with Crippen LogP contribution in [0.5, 0.6) is 5.75 Å². The summed E-state index contributed by atoms with van der Waals surface area (Å²) >= 11 is 0. The van der Waals surface area contributed by atoms with Crippen LogP contribution in [0, 0.1) is 0 Å². The fourth-order valence-electron chi connectivity index (χ4n) is 3.11. The van der Waals surface area contributed by atoms with Crippen molar-refractivity contribution in [3.8, 4) is 5.75 Å². The average Bonchev–Trinajstić information content (AvgIpc) is 3.48. The minimum Gasteiger partial charge on any atom is -0.494 e. The second-order valence-electron chi connectivity index (χ2n) is 7.36. The Labute approximate surface area is 192 Å². The summed E-state index contributed by atoms with van der Waals surface area (Å²) in [5.41, 5.74) is 2.11. The summed E-state index contributed by atoms with van der Waals surface area (Å²) in [7, 11) is 1.84. The summed E-state index contributed by atoms with van der Waals surface area (Å²) in [6.07, 6.45) is 7.66. The summed E-state index contributed by atoms with van der Waals surface area (Å²) in [6, 6.07) is 15.7. The number of aromatic nitrogens is 4. The number of hydrogen-bond donors (Lipinski definition) is 2. The number of nitrogens with zero attached hydrogens (tertiary/aromatic N) is 5. The summed E-state index contributed by atoms with van der Waals surface area (Å²) in [5.74, 6) is 2.86. The molecule has 0 saturated carbocycles. The maximum Gasteiger partial charge on any atom is 0.270 e. The van der Waals surface area contributed by atoms with Crippen molar-refractivity contribution in [1.29, 1.82) is 0 Å². The molecule has 0 spiro atoms. The first-order valence-corrected chi connectivity index (χ1v) is 10.8. The van der Waals surface area contributed by atoms with Gasteiger partial charge in [-0.25, -0.2) is 9.67 Å². The van der Waals surface area contributed by atoms with Gasteiger partial charge in [-0.3, -0.25) is 4.98 Å². The summed E-state index contributed by atoms with van der Waals surface area (Å²) in [4.78, 5) is 12.7. The number of rotatable bonds is 12. The van der Waals surface area contributed by atoms with Crippen molar-refractivity contribution >= 4 is 18.1 Å². The number of hydrogen-bond acceptors (Lipinski definition) is 8. The van der Waals surface area contributed by atoms with Gasteiger partial charge in [0.25, 0.3) is 5.95 Å². The van der Waals surface area contributed by atoms with Crippen molar-refractivity contribution in [2.45, 2.75) is 19.5 Å². The van der Waals surface area contributed by atoms with Gasteiger partial charge in [0.1, 0.15) is 11.5 Å². The molecule has 0 radical (unpaired) electrons. The standard InChI is InChI=1S/C24H27N7O2/c1-31-24(29-23(30-31)28-17-19-8-11-25-12-9-19)27-10-4-14-32-21-6-2-5-20(15-21)16-26-18-22-7-3-13-33-22/h2-3,5-9,11-13,15,17,26H,4,10,14,16,18H2,1H3,(H,27,29,30). The molecule has 0 unspecified atom stereocenters. The number of furan rings is 1. The van der Waals surface area contributed by atoms with Gasteiger partial charge in [0.05, 0.1) is 19.4 Å². The largest absolute Gasteiger partial charge is 0.494 e. The molecule has 9 heteroatoms. The SMILES string of the molecule is Cn1nc(N=Cc2ccncc2)nc1NCCCOc1cccc(CNCc2ccco2)c1. The van der Waals surface area contributed by atoms with Gasteiger partial charge >= 0.3 is 0 Å². The molecule has 3 heterocycles. The molecule has 9 nitrogen and oxygen atoms in total. The van der Waals surface area contributed by atoms with Gasteiger partial charge in [0.2, 0.25) is 5.95 Å². The molecular formula is C24H27N7O2. The second-order valence-corrected chi connectivity index (χ2v) is 7.36. The lowest BCUT2D eigenvalue weighted by molar-refractivity contribution is 0.314. The lowest BCUT2D eigenvalue weighted by Crippen LogP contribution is -2.12. The van der Waals surface area contributed by atoms with Crippen molar-refractivity contribution < 1.29 is 9.15 Å². The topological polar surface area (TPSA) is 102 Å². The minimum absolute atomic E-state index is 0.408. The number of aliphatic imine (C=N–C) groups is 1. The van der Waals surface area contributed by atoms with Crippen molar-refractivity contribution in [1.82, 2.24) is 25.1 Å². The predicted octanol–water partition coefficient (Wildman–Crippen LogP) is 3.72. The number of pyridine rings is 1. The van der Waals surface area contributed by atoms with Crippen molar-refractivity contribution in [3.63, 3.8) is 0 Å². The van der Waals surface area contributed by atoms with Crippen LogP contribution in [0.25, 0.3) is 0 Å². The first-order chi connectivity index (χ1) is 16.3. The minimum atomic E-state index is 0.408. The van der Waals surface area contributed by atoms with Crippen LogP contribution in [0.15, 0.2) is 76.6 Å². The maximum atomic E-state index is 5.90. The van der Waals surface area contributed by atoms with Crippen LogP contribution < -0.4 is 15.4 Å². The number of aryl methyl sites for hydroxylation is 1. The molecule has 0 aliphatic heterocycles. The van der Waals surface area contributed by atoms with Crippen LogP contribution >= 0.6 is 0 Å². The first kappa shape index (κ1) is 22.2. The Bertz CT molecular complexity index is 1140. The molecular weight excluding hydrogens is 418 g/mol. The van der Waals surface area contributed by atoms with E-state index in [1.54, 1.807) is 29.6 Å². The fourth-order valence-corrected chi connectivity index (χ4v) is 3.11. The number of anilines is 1. The molecule has 0 fully saturated rings. The normalized spacial score (nSPS) is 11.2. The number of benzene rings is 1. The highest BCUT2D eigenvalue weighted by Crippen LogP contribution is 2.14. The Hall–Kier alpha value is -3.98. The van der Waals surface area contributed by atoms with Gasteiger partial charge in [-0.05, 0) is 53.9 Å². The molecule has 1 aromatic carbocycles. The van der Waals surface area contributed by atoms with Crippen molar-refractivity contribution in [3.05, 3.63) is 84.1 Å². The summed E-state index contributed by atoms with van der Waals surface area (Å²) in [6.45, 7) is 2.76. The van der Waals surface area contributed by atoms with Crippen LogP contribution in [-0.4, -0.2) is 39.1 Å². The Kier molecular flexibility index (Phi) is 7.80. The highest BCUT2D eigenvalue weighted by Gasteiger charge is 2.05. The third-order valence-corrected chi connectivity index (χ3v) is 4.77. The van der Waals surface area contributed by atoms with E-state index in [2.05, 4.69) is 42.8 Å². The monoisotopic (exact) mass is 445 g/mol. The molecule has 0 saturated heterocycles. The van der Waals surface area contributed by atoms with E-state index in [9.17, 15) is 0 Å². The quantitative estimate of drug-likeness (QED) is 0.253. The number of ether oxygens (including phenoxy) is 1. The molecule has 0 amide bonds. The van der Waals surface area contributed by atoms with Crippen LogP contribution in [0.1, 0.15) is 23.3 Å². The first-order valence-electron chi connectivity index (χ1n) is 10.8. The van der Waals surface area contributed by atoms with Crippen molar-refractivity contribution in [2.24, 2.45) is 12.0 Å². The molecule has 33 heavy (non-hydrogen) atoms. The van der Waals surface area contributed by atoms with E-state index in [0.29, 0.717) is 31.6 Å². The molecule has 4 rings (SSSR count). The average molecular weight is 446 g/mol. The highest BCUT2D eigenvalue weighted by atomic mass is 16.5. The Morgan fingerprint density at radius 2 is 2.03 bits per heavy atom. The van der Waals surface area contributed by atoms with Gasteiger partial charge in [-0.15, -0.1) is 5.10 Å². The maximum absolute atomic E-state index is 5.90. The Morgan fingerprint density at radius 1 is 1.12 bits per heavy atom. The number of nitrogens with one attached hydrogen (secondary N) is 2. The van der Waals surface area contributed by atoms with E-state index in [-0.39, 0.29) is 0 Å². The zero-order chi connectivity index (χ0) is 22.7. The van der Waals surface area contributed by atoms with Gasteiger partial charge < -0.3 is 19.8 Å². The van der Waals surface area contributed by atoms with Gasteiger partial charge in [0.15, 0.2) is 0 Å². The van der Waals surface area contributed by atoms with Gasteiger partial charge in [-0.1, -0.05) is 12.1 Å². The molecule has 0 aliphatic carbocycles. The molecule has 0 aliphatic rings. The van der Waals surface area contributed by atoms with E-state index in [0.717, 1.165) is 35.6 Å². The van der Waals surface area contributed by atoms with Crippen molar-refractivity contribution in [2.75, 3.05) is 18.5 Å². The lowest BCUT2D eigenvalue weighted by atomic mass is 10.2. The van der Waals surface area contributed by atoms with Crippen LogP contribution in [0.2, 0.25) is 0 Å². The van der Waals surface area contributed by atoms with E-state index in [1.807, 2.05) is 43.4 Å². The van der Waals surface area contributed by atoms with E-state index >= 15 is 0 Å². The van der Waals surface area contributed by atoms with Gasteiger partial charge in [-0.2, -0.15) is 4.98 Å². The Balaban J connectivity index is 1.17. The second kappa shape index (κ2) is 11.6. The molecule has 170 valence electrons.